The zero-order valence-electron chi connectivity index (χ0n) is 14.2. The molecule has 0 N–H and O–H groups in total. The third kappa shape index (κ3) is 6.11. The normalized spacial score (nSPS) is 12.1. The summed E-state index contributed by atoms with van der Waals surface area (Å²) in [5.74, 6) is 1.49. The molecule has 0 aliphatic rings. The molecule has 0 heterocycles. The molecule has 2 nitrogen and oxygen atoms in total. The Morgan fingerprint density at radius 3 is 2.61 bits per heavy atom. The fraction of sp³-hybridized carbons (Fsp3) is 0.286. The number of hydrogen-bond donors (Lipinski definition) is 0. The average Bonchev–Trinajstić information content (AvgIpc) is 2.57. The van der Waals surface area contributed by atoms with Crippen LogP contribution in [0.3, 0.4) is 0 Å². The summed E-state index contributed by atoms with van der Waals surface area (Å²) in [6, 6.07) is 18.4. The smallest absolute Gasteiger partial charge is 0.127 e. The molecule has 0 bridgehead atoms. The first kappa shape index (κ1) is 17.0. The third-order valence-electron chi connectivity index (χ3n) is 3.50. The Morgan fingerprint density at radius 2 is 1.87 bits per heavy atom. The summed E-state index contributed by atoms with van der Waals surface area (Å²) >= 11 is 0. The van der Waals surface area contributed by atoms with Gasteiger partial charge in [-0.2, -0.15) is 0 Å². The van der Waals surface area contributed by atoms with E-state index >= 15 is 0 Å². The van der Waals surface area contributed by atoms with Gasteiger partial charge in [-0.15, -0.1) is 0 Å². The number of allylic oxidation sites excluding steroid dienone is 1. The van der Waals surface area contributed by atoms with Gasteiger partial charge in [0.25, 0.3) is 0 Å². The van der Waals surface area contributed by atoms with Gasteiger partial charge in [0.05, 0.1) is 12.8 Å². The van der Waals surface area contributed by atoms with Gasteiger partial charge >= 0.3 is 0 Å². The van der Waals surface area contributed by atoms with Crippen molar-refractivity contribution in [3.8, 4) is 5.75 Å². The molecule has 0 saturated carbocycles. The van der Waals surface area contributed by atoms with Crippen LogP contribution in [0.5, 0.6) is 5.75 Å². The molecule has 0 spiro atoms. The number of aliphatic imine (C=N–C) groups is 1. The van der Waals surface area contributed by atoms with Crippen LogP contribution in [-0.2, 0) is 6.54 Å². The minimum atomic E-state index is 0.647. The summed E-state index contributed by atoms with van der Waals surface area (Å²) < 4.78 is 5.67. The lowest BCUT2D eigenvalue weighted by atomic mass is 10.1. The van der Waals surface area contributed by atoms with Crippen molar-refractivity contribution in [3.63, 3.8) is 0 Å². The van der Waals surface area contributed by atoms with Crippen LogP contribution in [0.2, 0.25) is 0 Å². The monoisotopic (exact) mass is 307 g/mol. The second-order valence-electron chi connectivity index (χ2n) is 6.03. The maximum Gasteiger partial charge on any atom is 0.127 e. The van der Waals surface area contributed by atoms with Gasteiger partial charge in [0, 0.05) is 5.71 Å². The molecule has 120 valence electrons. The van der Waals surface area contributed by atoms with Crippen LogP contribution in [-0.4, -0.2) is 5.71 Å². The van der Waals surface area contributed by atoms with Crippen LogP contribution in [0.1, 0.15) is 38.3 Å². The number of nitrogens with zero attached hydrogens (tertiary/aromatic N) is 1. The van der Waals surface area contributed by atoms with Gasteiger partial charge in [0.15, 0.2) is 0 Å². The van der Waals surface area contributed by atoms with E-state index < -0.39 is 0 Å². The van der Waals surface area contributed by atoms with Crippen LogP contribution < -0.4 is 4.74 Å². The molecular weight excluding hydrogens is 282 g/mol. The van der Waals surface area contributed by atoms with Crippen LogP contribution >= 0.6 is 0 Å². The van der Waals surface area contributed by atoms with Gasteiger partial charge in [-0.1, -0.05) is 56.3 Å². The predicted molar refractivity (Wildman–Crippen MR) is 98.0 cm³/mol. The van der Waals surface area contributed by atoms with Crippen molar-refractivity contribution in [3.05, 3.63) is 78.1 Å². The molecule has 0 amide bonds. The van der Waals surface area contributed by atoms with E-state index in [-0.39, 0.29) is 0 Å². The molecule has 0 fully saturated rings. The minimum Gasteiger partial charge on any atom is -0.465 e. The molecule has 23 heavy (non-hydrogen) atoms. The zero-order chi connectivity index (χ0) is 16.5. The van der Waals surface area contributed by atoms with Gasteiger partial charge in [0.2, 0.25) is 0 Å². The highest BCUT2D eigenvalue weighted by molar-refractivity contribution is 5.99. The molecule has 2 aromatic carbocycles. The Morgan fingerprint density at radius 1 is 1.09 bits per heavy atom. The standard InChI is InChI=1S/C21H25NO/c1-17(2)9-8-14-23-21-13-7-12-20(15-21)18(3)22-16-19-10-5-4-6-11-19/h4-8,10-15,17H,9,16H2,1-3H3/b14-8+,22-18?. The number of ether oxygens (including phenoxy) is 1. The van der Waals surface area contributed by atoms with Crippen molar-refractivity contribution in [2.75, 3.05) is 0 Å². The summed E-state index contributed by atoms with van der Waals surface area (Å²) in [6.07, 6.45) is 4.86. The quantitative estimate of drug-likeness (QED) is 0.479. The maximum atomic E-state index is 5.67. The molecule has 0 aromatic heterocycles. The van der Waals surface area contributed by atoms with E-state index in [4.69, 9.17) is 4.74 Å². The van der Waals surface area contributed by atoms with Crippen molar-refractivity contribution >= 4 is 5.71 Å². The topological polar surface area (TPSA) is 21.6 Å². The lowest BCUT2D eigenvalue weighted by molar-refractivity contribution is 0.475. The highest BCUT2D eigenvalue weighted by Gasteiger charge is 2.00. The minimum absolute atomic E-state index is 0.647. The molecule has 0 aliphatic heterocycles. The Hall–Kier alpha value is -2.35. The summed E-state index contributed by atoms with van der Waals surface area (Å²) in [5, 5.41) is 0. The number of benzene rings is 2. The summed E-state index contributed by atoms with van der Waals surface area (Å²) in [6.45, 7) is 7.12. The van der Waals surface area contributed by atoms with Crippen LogP contribution in [0.25, 0.3) is 0 Å². The summed E-state index contributed by atoms with van der Waals surface area (Å²) in [4.78, 5) is 4.67. The molecule has 0 saturated heterocycles. The molecule has 2 heteroatoms. The number of hydrogen-bond acceptors (Lipinski definition) is 2. The van der Waals surface area contributed by atoms with E-state index in [2.05, 4.69) is 43.1 Å². The first-order chi connectivity index (χ1) is 11.1. The second kappa shape index (κ2) is 8.94. The van der Waals surface area contributed by atoms with Gasteiger partial charge in [-0.05, 0) is 48.6 Å². The summed E-state index contributed by atoms with van der Waals surface area (Å²) in [5.41, 5.74) is 3.33. The zero-order valence-corrected chi connectivity index (χ0v) is 14.2. The molecule has 0 radical (unpaired) electrons. The van der Waals surface area contributed by atoms with Gasteiger partial charge in [-0.3, -0.25) is 4.99 Å². The largest absolute Gasteiger partial charge is 0.465 e. The third-order valence-corrected chi connectivity index (χ3v) is 3.50. The Balaban J connectivity index is 1.99. The van der Waals surface area contributed by atoms with Crippen molar-refractivity contribution in [1.82, 2.24) is 0 Å². The molecule has 2 aromatic rings. The van der Waals surface area contributed by atoms with Crippen molar-refractivity contribution in [2.24, 2.45) is 10.9 Å². The lowest BCUT2D eigenvalue weighted by Crippen LogP contribution is -1.96. The molecule has 2 rings (SSSR count). The van der Waals surface area contributed by atoms with Crippen molar-refractivity contribution in [2.45, 2.75) is 33.7 Å². The van der Waals surface area contributed by atoms with Gasteiger partial charge in [0.1, 0.15) is 5.75 Å². The highest BCUT2D eigenvalue weighted by Crippen LogP contribution is 2.15. The first-order valence-corrected chi connectivity index (χ1v) is 8.12. The Bertz CT molecular complexity index is 657. The molecule has 0 aliphatic carbocycles. The first-order valence-electron chi connectivity index (χ1n) is 8.12. The van der Waals surface area contributed by atoms with Crippen molar-refractivity contribution < 1.29 is 4.74 Å². The van der Waals surface area contributed by atoms with E-state index in [9.17, 15) is 0 Å². The van der Waals surface area contributed by atoms with Crippen LogP contribution in [0, 0.1) is 5.92 Å². The predicted octanol–water partition coefficient (Wildman–Crippen LogP) is 5.63. The van der Waals surface area contributed by atoms with E-state index in [1.54, 1.807) is 6.26 Å². The van der Waals surface area contributed by atoms with E-state index in [0.717, 1.165) is 23.4 Å². The van der Waals surface area contributed by atoms with Crippen LogP contribution in [0.15, 0.2) is 71.9 Å². The second-order valence-corrected chi connectivity index (χ2v) is 6.03. The van der Waals surface area contributed by atoms with Crippen LogP contribution in [0.4, 0.5) is 0 Å². The fourth-order valence-electron chi connectivity index (χ4n) is 2.13. The SMILES string of the molecule is CC(=NCc1ccccc1)c1cccc(O/C=C/CC(C)C)c1. The van der Waals surface area contributed by atoms with E-state index in [1.165, 1.54) is 5.56 Å². The lowest BCUT2D eigenvalue weighted by Gasteiger charge is -2.05. The Labute approximate surface area is 139 Å². The summed E-state index contributed by atoms with van der Waals surface area (Å²) in [7, 11) is 0. The van der Waals surface area contributed by atoms with E-state index in [1.807, 2.05) is 43.3 Å². The van der Waals surface area contributed by atoms with E-state index in [0.29, 0.717) is 12.5 Å². The highest BCUT2D eigenvalue weighted by atomic mass is 16.5. The maximum absolute atomic E-state index is 5.67. The molecule has 0 unspecified atom stereocenters. The van der Waals surface area contributed by atoms with Gasteiger partial charge in [-0.25, -0.2) is 0 Å². The molecule has 0 atom stereocenters. The van der Waals surface area contributed by atoms with Gasteiger partial charge < -0.3 is 4.74 Å². The molecular formula is C21H25NO. The number of rotatable bonds is 7. The average molecular weight is 307 g/mol. The Kier molecular flexibility index (Phi) is 6.61. The van der Waals surface area contributed by atoms with Crippen molar-refractivity contribution in [1.29, 1.82) is 0 Å². The fourth-order valence-corrected chi connectivity index (χ4v) is 2.13.